The van der Waals surface area contributed by atoms with Crippen molar-refractivity contribution >= 4 is 10.0 Å². The molecule has 5 heteroatoms. The van der Waals surface area contributed by atoms with Gasteiger partial charge in [0.1, 0.15) is 10.6 Å². The number of nitrogens with two attached hydrogens (primary N) is 1. The van der Waals surface area contributed by atoms with E-state index in [4.69, 9.17) is 9.88 Å². The minimum absolute atomic E-state index is 0.0271. The first kappa shape index (κ1) is 13.7. The van der Waals surface area contributed by atoms with Gasteiger partial charge in [-0.3, -0.25) is 0 Å². The average Bonchev–Trinajstić information content (AvgIpc) is 2.18. The molecule has 1 aromatic rings. The van der Waals surface area contributed by atoms with Crippen molar-refractivity contribution in [3.8, 4) is 5.75 Å². The molecule has 1 rings (SSSR count). The smallest absolute Gasteiger partial charge is 0.241 e. The number of primary sulfonamides is 1. The van der Waals surface area contributed by atoms with Gasteiger partial charge in [0.25, 0.3) is 0 Å². The SMILES string of the molecule is C=C(C)CCOc1ccc(C)cc1S(N)(=O)=O. The van der Waals surface area contributed by atoms with Gasteiger partial charge in [-0.05, 0) is 31.5 Å². The van der Waals surface area contributed by atoms with E-state index in [2.05, 4.69) is 6.58 Å². The summed E-state index contributed by atoms with van der Waals surface area (Å²) in [5.41, 5.74) is 1.80. The van der Waals surface area contributed by atoms with Gasteiger partial charge in [0.2, 0.25) is 10.0 Å². The Balaban J connectivity index is 2.95. The number of rotatable bonds is 5. The predicted octanol–water partition coefficient (Wildman–Crippen LogP) is 1.99. The summed E-state index contributed by atoms with van der Waals surface area (Å²) in [7, 11) is -3.75. The van der Waals surface area contributed by atoms with Crippen LogP contribution in [0.25, 0.3) is 0 Å². The second kappa shape index (κ2) is 5.33. The van der Waals surface area contributed by atoms with Crippen LogP contribution < -0.4 is 9.88 Å². The summed E-state index contributed by atoms with van der Waals surface area (Å²) in [6.45, 7) is 7.82. The molecule has 1 aromatic carbocycles. The van der Waals surface area contributed by atoms with Crippen LogP contribution in [0.2, 0.25) is 0 Å². The molecule has 4 nitrogen and oxygen atoms in total. The summed E-state index contributed by atoms with van der Waals surface area (Å²) in [6.07, 6.45) is 0.679. The standard InChI is InChI=1S/C12H17NO3S/c1-9(2)6-7-16-11-5-4-10(3)8-12(11)17(13,14)15/h4-5,8H,1,6-7H2,2-3H3,(H2,13,14,15). The van der Waals surface area contributed by atoms with E-state index in [-0.39, 0.29) is 4.90 Å². The summed E-state index contributed by atoms with van der Waals surface area (Å²) in [4.78, 5) is 0.0271. The van der Waals surface area contributed by atoms with Crippen molar-refractivity contribution in [1.82, 2.24) is 0 Å². The van der Waals surface area contributed by atoms with Gasteiger partial charge in [0, 0.05) is 6.42 Å². The van der Waals surface area contributed by atoms with Crippen molar-refractivity contribution < 1.29 is 13.2 Å². The Morgan fingerprint density at radius 3 is 2.65 bits per heavy atom. The van der Waals surface area contributed by atoms with Gasteiger partial charge in [-0.15, -0.1) is 6.58 Å². The zero-order chi connectivity index (χ0) is 13.1. The van der Waals surface area contributed by atoms with Crippen LogP contribution in [-0.2, 0) is 10.0 Å². The summed E-state index contributed by atoms with van der Waals surface area (Å²) >= 11 is 0. The van der Waals surface area contributed by atoms with E-state index in [1.54, 1.807) is 19.1 Å². The second-order valence-corrected chi connectivity index (χ2v) is 5.58. The number of sulfonamides is 1. The molecule has 2 N–H and O–H groups in total. The van der Waals surface area contributed by atoms with Crippen molar-refractivity contribution in [2.24, 2.45) is 5.14 Å². The quantitative estimate of drug-likeness (QED) is 0.818. The minimum Gasteiger partial charge on any atom is -0.492 e. The first-order valence-corrected chi connectivity index (χ1v) is 6.76. The third-order valence-corrected chi connectivity index (χ3v) is 3.12. The van der Waals surface area contributed by atoms with Gasteiger partial charge in [-0.2, -0.15) is 0 Å². The van der Waals surface area contributed by atoms with Gasteiger partial charge in [-0.1, -0.05) is 11.6 Å². The van der Waals surface area contributed by atoms with Crippen LogP contribution in [0, 0.1) is 6.92 Å². The summed E-state index contributed by atoms with van der Waals surface area (Å²) in [5, 5.41) is 5.13. The molecule has 17 heavy (non-hydrogen) atoms. The van der Waals surface area contributed by atoms with Gasteiger partial charge in [0.15, 0.2) is 0 Å². The molecule has 0 bridgehead atoms. The van der Waals surface area contributed by atoms with Gasteiger partial charge >= 0.3 is 0 Å². The average molecular weight is 255 g/mol. The van der Waals surface area contributed by atoms with Crippen LogP contribution in [0.3, 0.4) is 0 Å². The Bertz CT molecular complexity index is 521. The van der Waals surface area contributed by atoms with Crippen LogP contribution in [0.15, 0.2) is 35.2 Å². The van der Waals surface area contributed by atoms with Gasteiger partial charge < -0.3 is 4.74 Å². The fourth-order valence-corrected chi connectivity index (χ4v) is 2.05. The Labute approximate surface area is 102 Å². The van der Waals surface area contributed by atoms with Gasteiger partial charge in [-0.25, -0.2) is 13.6 Å². The Morgan fingerprint density at radius 2 is 2.12 bits per heavy atom. The fourth-order valence-electron chi connectivity index (χ4n) is 1.29. The number of hydrogen-bond acceptors (Lipinski definition) is 3. The van der Waals surface area contributed by atoms with Crippen LogP contribution in [0.4, 0.5) is 0 Å². The third kappa shape index (κ3) is 4.20. The van der Waals surface area contributed by atoms with E-state index in [1.165, 1.54) is 6.07 Å². The second-order valence-electron chi connectivity index (χ2n) is 4.05. The molecule has 0 amide bonds. The van der Waals surface area contributed by atoms with E-state index in [0.29, 0.717) is 18.8 Å². The van der Waals surface area contributed by atoms with E-state index >= 15 is 0 Å². The molecule has 0 saturated carbocycles. The Kier molecular flexibility index (Phi) is 4.31. The van der Waals surface area contributed by atoms with Gasteiger partial charge in [0.05, 0.1) is 6.61 Å². The molecule has 0 fully saturated rings. The zero-order valence-electron chi connectivity index (χ0n) is 10.1. The van der Waals surface area contributed by atoms with E-state index in [0.717, 1.165) is 11.1 Å². The molecular formula is C12H17NO3S. The maximum absolute atomic E-state index is 11.4. The molecule has 0 aliphatic carbocycles. The number of benzene rings is 1. The summed E-state index contributed by atoms with van der Waals surface area (Å²) in [5.74, 6) is 0.291. The first-order chi connectivity index (χ1) is 7.80. The van der Waals surface area contributed by atoms with Crippen LogP contribution in [0.5, 0.6) is 5.75 Å². The van der Waals surface area contributed by atoms with Crippen LogP contribution in [-0.4, -0.2) is 15.0 Å². The largest absolute Gasteiger partial charge is 0.492 e. The molecule has 0 unspecified atom stereocenters. The van der Waals surface area contributed by atoms with Crippen molar-refractivity contribution in [2.45, 2.75) is 25.2 Å². The lowest BCUT2D eigenvalue weighted by molar-refractivity contribution is 0.313. The van der Waals surface area contributed by atoms with E-state index in [9.17, 15) is 8.42 Å². The molecule has 0 saturated heterocycles. The first-order valence-electron chi connectivity index (χ1n) is 5.21. The van der Waals surface area contributed by atoms with E-state index in [1.807, 2.05) is 6.92 Å². The maximum Gasteiger partial charge on any atom is 0.241 e. The molecule has 0 atom stereocenters. The lowest BCUT2D eigenvalue weighted by Crippen LogP contribution is -2.14. The highest BCUT2D eigenvalue weighted by Gasteiger charge is 2.15. The molecule has 0 radical (unpaired) electrons. The zero-order valence-corrected chi connectivity index (χ0v) is 10.9. The minimum atomic E-state index is -3.75. The molecule has 94 valence electrons. The van der Waals surface area contributed by atoms with Crippen molar-refractivity contribution in [2.75, 3.05) is 6.61 Å². The van der Waals surface area contributed by atoms with Crippen molar-refractivity contribution in [1.29, 1.82) is 0 Å². The van der Waals surface area contributed by atoms with Crippen LogP contribution >= 0.6 is 0 Å². The molecule has 0 spiro atoms. The Hall–Kier alpha value is -1.33. The monoisotopic (exact) mass is 255 g/mol. The molecule has 0 aliphatic heterocycles. The molecule has 0 heterocycles. The molecule has 0 aliphatic rings. The normalized spacial score (nSPS) is 11.2. The number of ether oxygens (including phenoxy) is 1. The molecular weight excluding hydrogens is 238 g/mol. The number of aryl methyl sites for hydroxylation is 1. The van der Waals surface area contributed by atoms with Crippen molar-refractivity contribution in [3.05, 3.63) is 35.9 Å². The Morgan fingerprint density at radius 1 is 1.47 bits per heavy atom. The highest BCUT2D eigenvalue weighted by atomic mass is 32.2. The number of hydrogen-bond donors (Lipinski definition) is 1. The molecule has 0 aromatic heterocycles. The third-order valence-electron chi connectivity index (χ3n) is 2.19. The topological polar surface area (TPSA) is 69.4 Å². The lowest BCUT2D eigenvalue weighted by atomic mass is 10.2. The van der Waals surface area contributed by atoms with E-state index < -0.39 is 10.0 Å². The lowest BCUT2D eigenvalue weighted by Gasteiger charge is -2.10. The van der Waals surface area contributed by atoms with Crippen LogP contribution in [0.1, 0.15) is 18.9 Å². The predicted molar refractivity (Wildman–Crippen MR) is 67.5 cm³/mol. The highest BCUT2D eigenvalue weighted by Crippen LogP contribution is 2.24. The summed E-state index contributed by atoms with van der Waals surface area (Å²) in [6, 6.07) is 4.91. The maximum atomic E-state index is 11.4. The van der Waals surface area contributed by atoms with Crippen molar-refractivity contribution in [3.63, 3.8) is 0 Å². The fraction of sp³-hybridized carbons (Fsp3) is 0.333. The highest BCUT2D eigenvalue weighted by molar-refractivity contribution is 7.89. The summed E-state index contributed by atoms with van der Waals surface area (Å²) < 4.78 is 28.2.